The summed E-state index contributed by atoms with van der Waals surface area (Å²) in [5.41, 5.74) is 3.17. The summed E-state index contributed by atoms with van der Waals surface area (Å²) >= 11 is 2.19. The van der Waals surface area contributed by atoms with Gasteiger partial charge in [-0.2, -0.15) is 3.22 Å². The molecule has 5 heteroatoms. The average Bonchev–Trinajstić information content (AvgIpc) is 2.43. The minimum absolute atomic E-state index is 0.732. The largest absolute Gasteiger partial charge is 0.268 e. The van der Waals surface area contributed by atoms with E-state index in [4.69, 9.17) is 5.84 Å². The first kappa shape index (κ1) is 13.6. The van der Waals surface area contributed by atoms with Gasteiger partial charge in [-0.05, 0) is 18.8 Å². The molecule has 0 heterocycles. The number of nitrogens with two attached hydrogens (primary N) is 1. The van der Waals surface area contributed by atoms with E-state index in [2.05, 4.69) is 28.3 Å². The fourth-order valence-electron chi connectivity index (χ4n) is 2.13. The van der Waals surface area contributed by atoms with E-state index in [1.54, 1.807) is 0 Å². The minimum atomic E-state index is 0.732. The molecule has 1 saturated carbocycles. The molecule has 0 saturated heterocycles. The second-order valence-electron chi connectivity index (χ2n) is 4.42. The third-order valence-corrected chi connectivity index (χ3v) is 3.30. The second-order valence-corrected chi connectivity index (χ2v) is 5.87. The number of hydrogen-bond donors (Lipinski definition) is 2. The zero-order valence-electron chi connectivity index (χ0n) is 9.58. The molecule has 1 fully saturated rings. The van der Waals surface area contributed by atoms with Crippen LogP contribution < -0.4 is 11.3 Å². The summed E-state index contributed by atoms with van der Waals surface area (Å²) in [6, 6.07) is 0. The van der Waals surface area contributed by atoms with Gasteiger partial charge in [0.2, 0.25) is 0 Å². The molecule has 0 unspecified atom stereocenters. The molecule has 3 N–H and O–H groups in total. The van der Waals surface area contributed by atoms with Gasteiger partial charge in [-0.15, -0.1) is 0 Å². The molecule has 90 valence electrons. The van der Waals surface area contributed by atoms with Crippen LogP contribution in [0.1, 0.15) is 38.5 Å². The molecule has 0 spiro atoms. The molecule has 0 aliphatic heterocycles. The van der Waals surface area contributed by atoms with Crippen molar-refractivity contribution in [3.05, 3.63) is 0 Å². The Morgan fingerprint density at radius 1 is 1.27 bits per heavy atom. The predicted octanol–water partition coefficient (Wildman–Crippen LogP) is 1.88. The zero-order valence-corrected chi connectivity index (χ0v) is 11.7. The number of nitrogens with zero attached hydrogens (tertiary/aromatic N) is 2. The number of hydrazine groups is 2. The van der Waals surface area contributed by atoms with Crippen molar-refractivity contribution in [1.29, 1.82) is 0 Å². The third kappa shape index (κ3) is 6.68. The van der Waals surface area contributed by atoms with Gasteiger partial charge in [-0.25, -0.2) is 10.4 Å². The molecule has 4 nitrogen and oxygen atoms in total. The number of hydrogen-bond acceptors (Lipinski definition) is 4. The second kappa shape index (κ2) is 7.78. The van der Waals surface area contributed by atoms with Crippen LogP contribution >= 0.6 is 22.9 Å². The fraction of sp³-hybridized carbons (Fsp3) is 1.00. The molecule has 1 rings (SSSR count). The minimum Gasteiger partial charge on any atom is -0.268 e. The Kier molecular flexibility index (Phi) is 7.07. The van der Waals surface area contributed by atoms with Gasteiger partial charge >= 0.3 is 0 Å². The van der Waals surface area contributed by atoms with Crippen molar-refractivity contribution < 1.29 is 0 Å². The Hall–Kier alpha value is 0.570. The molecule has 0 aromatic rings. The van der Waals surface area contributed by atoms with Gasteiger partial charge in [0, 0.05) is 36.5 Å². The van der Waals surface area contributed by atoms with E-state index in [-0.39, 0.29) is 0 Å². The van der Waals surface area contributed by atoms with Crippen LogP contribution in [-0.4, -0.2) is 28.5 Å². The van der Waals surface area contributed by atoms with Crippen LogP contribution in [0.4, 0.5) is 0 Å². The van der Waals surface area contributed by atoms with Crippen LogP contribution in [0.3, 0.4) is 0 Å². The molecule has 0 atom stereocenters. The number of nitrogens with one attached hydrogen (secondary N) is 1. The molecule has 0 bridgehead atoms. The van der Waals surface area contributed by atoms with E-state index in [0.29, 0.717) is 0 Å². The van der Waals surface area contributed by atoms with Gasteiger partial charge in [-0.1, -0.05) is 25.7 Å². The lowest BCUT2D eigenvalue weighted by atomic mass is 10.0. The lowest BCUT2D eigenvalue weighted by Gasteiger charge is -2.23. The summed E-state index contributed by atoms with van der Waals surface area (Å²) in [5.74, 6) is 6.75. The molecular weight excluding hydrogens is 303 g/mol. The molecule has 0 radical (unpaired) electrons. The normalized spacial score (nSPS) is 19.8. The van der Waals surface area contributed by atoms with E-state index < -0.39 is 0 Å². The van der Waals surface area contributed by atoms with Crippen molar-refractivity contribution >= 4 is 22.9 Å². The van der Waals surface area contributed by atoms with Crippen LogP contribution in [0.15, 0.2) is 0 Å². The molecule has 0 aromatic heterocycles. The standard InChI is InChI=1S/C10H23IN4/c1-14(11)13-9-15(12)8-10-6-4-2-3-5-7-10/h10,13H,2-9,12H2,1H3. The Bertz CT molecular complexity index is 158. The smallest absolute Gasteiger partial charge is 0.0759 e. The van der Waals surface area contributed by atoms with Crippen LogP contribution in [-0.2, 0) is 0 Å². The Morgan fingerprint density at radius 3 is 2.40 bits per heavy atom. The first-order valence-corrected chi connectivity index (χ1v) is 6.77. The van der Waals surface area contributed by atoms with E-state index in [1.807, 2.05) is 15.3 Å². The monoisotopic (exact) mass is 326 g/mol. The van der Waals surface area contributed by atoms with Crippen LogP contribution in [0, 0.1) is 5.92 Å². The highest BCUT2D eigenvalue weighted by Gasteiger charge is 2.14. The highest BCUT2D eigenvalue weighted by Crippen LogP contribution is 2.22. The first-order chi connectivity index (χ1) is 7.18. The van der Waals surface area contributed by atoms with Crippen LogP contribution in [0.2, 0.25) is 0 Å². The summed E-state index contributed by atoms with van der Waals surface area (Å²) in [7, 11) is 1.97. The quantitative estimate of drug-likeness (QED) is 0.202. The zero-order chi connectivity index (χ0) is 11.1. The highest BCUT2D eigenvalue weighted by atomic mass is 127. The topological polar surface area (TPSA) is 44.5 Å². The first-order valence-electron chi connectivity index (χ1n) is 5.81. The summed E-state index contributed by atoms with van der Waals surface area (Å²) < 4.78 is 1.91. The fourth-order valence-corrected chi connectivity index (χ4v) is 2.28. The summed E-state index contributed by atoms with van der Waals surface area (Å²) in [6.07, 6.45) is 8.31. The number of halogens is 1. The lowest BCUT2D eigenvalue weighted by molar-refractivity contribution is 0.184. The molecule has 0 amide bonds. The molecule has 0 aromatic carbocycles. The Morgan fingerprint density at radius 2 is 1.87 bits per heavy atom. The Labute approximate surface area is 107 Å². The molecule has 1 aliphatic carbocycles. The van der Waals surface area contributed by atoms with Crippen molar-refractivity contribution in [1.82, 2.24) is 13.7 Å². The maximum atomic E-state index is 5.94. The van der Waals surface area contributed by atoms with Gasteiger partial charge < -0.3 is 0 Å². The predicted molar refractivity (Wildman–Crippen MR) is 71.9 cm³/mol. The van der Waals surface area contributed by atoms with E-state index >= 15 is 0 Å². The third-order valence-electron chi connectivity index (χ3n) is 2.96. The van der Waals surface area contributed by atoms with Gasteiger partial charge in [0.1, 0.15) is 0 Å². The van der Waals surface area contributed by atoms with Gasteiger partial charge in [0.15, 0.2) is 0 Å². The maximum Gasteiger partial charge on any atom is 0.0759 e. The van der Waals surface area contributed by atoms with Gasteiger partial charge in [-0.3, -0.25) is 5.84 Å². The summed E-state index contributed by atoms with van der Waals surface area (Å²) in [4.78, 5) is 0. The molecule has 1 aliphatic rings. The summed E-state index contributed by atoms with van der Waals surface area (Å²) in [6.45, 7) is 1.76. The van der Waals surface area contributed by atoms with E-state index in [1.165, 1.54) is 38.5 Å². The van der Waals surface area contributed by atoms with Crippen molar-refractivity contribution in [3.63, 3.8) is 0 Å². The highest BCUT2D eigenvalue weighted by molar-refractivity contribution is 14.1. The molecular formula is C10H23IN4. The SMILES string of the molecule is CN(I)NCN(N)CC1CCCCCC1. The van der Waals surface area contributed by atoms with Crippen molar-refractivity contribution in [2.75, 3.05) is 20.3 Å². The van der Waals surface area contributed by atoms with Crippen LogP contribution in [0.25, 0.3) is 0 Å². The average molecular weight is 326 g/mol. The lowest BCUT2D eigenvalue weighted by Crippen LogP contribution is -2.45. The van der Waals surface area contributed by atoms with Gasteiger partial charge in [0.05, 0.1) is 6.67 Å². The molecule has 15 heavy (non-hydrogen) atoms. The van der Waals surface area contributed by atoms with Crippen LogP contribution in [0.5, 0.6) is 0 Å². The van der Waals surface area contributed by atoms with Crippen molar-refractivity contribution in [2.24, 2.45) is 11.8 Å². The van der Waals surface area contributed by atoms with Crippen molar-refractivity contribution in [2.45, 2.75) is 38.5 Å². The number of rotatable bonds is 5. The Balaban J connectivity index is 2.14. The van der Waals surface area contributed by atoms with Crippen molar-refractivity contribution in [3.8, 4) is 0 Å². The van der Waals surface area contributed by atoms with Gasteiger partial charge in [0.25, 0.3) is 0 Å². The summed E-state index contributed by atoms with van der Waals surface area (Å²) in [5, 5.41) is 1.89. The van der Waals surface area contributed by atoms with E-state index in [0.717, 1.165) is 19.1 Å². The maximum absolute atomic E-state index is 5.94. The van der Waals surface area contributed by atoms with E-state index in [9.17, 15) is 0 Å².